The third-order valence-corrected chi connectivity index (χ3v) is 6.97. The monoisotopic (exact) mass is 392 g/mol. The highest BCUT2D eigenvalue weighted by Crippen LogP contribution is 2.45. The first-order valence-electron chi connectivity index (χ1n) is 10.7. The van der Waals surface area contributed by atoms with Crippen LogP contribution in [0.4, 0.5) is 5.82 Å². The van der Waals surface area contributed by atoms with E-state index in [0.29, 0.717) is 29.5 Å². The van der Waals surface area contributed by atoms with Gasteiger partial charge in [0.15, 0.2) is 0 Å². The van der Waals surface area contributed by atoms with Crippen molar-refractivity contribution in [3.63, 3.8) is 0 Å². The van der Waals surface area contributed by atoms with E-state index in [9.17, 15) is 4.79 Å². The lowest BCUT2D eigenvalue weighted by molar-refractivity contribution is -0.0201. The van der Waals surface area contributed by atoms with Gasteiger partial charge in [-0.05, 0) is 43.1 Å². The van der Waals surface area contributed by atoms with E-state index >= 15 is 0 Å². The Morgan fingerprint density at radius 3 is 2.83 bits per heavy atom. The zero-order valence-electron chi connectivity index (χ0n) is 16.9. The van der Waals surface area contributed by atoms with Gasteiger partial charge in [-0.25, -0.2) is 14.8 Å². The van der Waals surface area contributed by atoms with E-state index in [0.717, 1.165) is 25.5 Å². The van der Waals surface area contributed by atoms with Crippen LogP contribution in [0, 0.1) is 11.8 Å². The second kappa shape index (κ2) is 7.75. The van der Waals surface area contributed by atoms with Gasteiger partial charge in [0.2, 0.25) is 0 Å². The van der Waals surface area contributed by atoms with Gasteiger partial charge in [-0.2, -0.15) is 0 Å². The Morgan fingerprint density at radius 1 is 1.14 bits per heavy atom. The van der Waals surface area contributed by atoms with Gasteiger partial charge in [-0.15, -0.1) is 0 Å². The molecule has 3 fully saturated rings. The van der Waals surface area contributed by atoms with Crippen molar-refractivity contribution in [2.24, 2.45) is 11.8 Å². The van der Waals surface area contributed by atoms with Crippen LogP contribution in [0.5, 0.6) is 0 Å². The number of nitrogens with zero attached hydrogens (tertiary/aromatic N) is 4. The summed E-state index contributed by atoms with van der Waals surface area (Å²) in [5.74, 6) is 1.56. The molecule has 29 heavy (non-hydrogen) atoms. The molecule has 6 heteroatoms. The van der Waals surface area contributed by atoms with Crippen LogP contribution in [0.3, 0.4) is 0 Å². The Kier molecular flexibility index (Phi) is 4.96. The maximum absolute atomic E-state index is 12.2. The molecular weight excluding hydrogens is 364 g/mol. The molecule has 0 unspecified atom stereocenters. The molecule has 3 aliphatic rings. The number of carbonyl (C=O) groups excluding carboxylic acids is 1. The first kappa shape index (κ1) is 18.6. The van der Waals surface area contributed by atoms with Gasteiger partial charge >= 0.3 is 5.97 Å². The lowest BCUT2D eigenvalue weighted by atomic mass is 9.74. The quantitative estimate of drug-likeness (QED) is 0.747. The maximum atomic E-state index is 12.2. The summed E-state index contributed by atoms with van der Waals surface area (Å²) < 4.78 is 4.96. The number of rotatable bonds is 3. The molecular formula is C23H28N4O2. The molecule has 1 aromatic carbocycles. The molecule has 0 aliphatic carbocycles. The minimum atomic E-state index is -0.361. The van der Waals surface area contributed by atoms with Crippen LogP contribution in [0.1, 0.15) is 47.6 Å². The summed E-state index contributed by atoms with van der Waals surface area (Å²) in [4.78, 5) is 25.8. The summed E-state index contributed by atoms with van der Waals surface area (Å²) in [6.45, 7) is 3.00. The highest BCUT2D eigenvalue weighted by molar-refractivity contribution is 5.94. The molecule has 3 saturated heterocycles. The largest absolute Gasteiger partial charge is 0.465 e. The fourth-order valence-corrected chi connectivity index (χ4v) is 5.84. The molecule has 4 atom stereocenters. The lowest BCUT2D eigenvalue weighted by Gasteiger charge is -2.55. The van der Waals surface area contributed by atoms with Crippen LogP contribution < -0.4 is 4.90 Å². The normalized spacial score (nSPS) is 29.2. The molecule has 6 nitrogen and oxygen atoms in total. The summed E-state index contributed by atoms with van der Waals surface area (Å²) in [6, 6.07) is 12.1. The number of anilines is 1. The minimum absolute atomic E-state index is 0.361. The van der Waals surface area contributed by atoms with Crippen LogP contribution in [-0.4, -0.2) is 53.6 Å². The third-order valence-electron chi connectivity index (χ3n) is 6.97. The van der Waals surface area contributed by atoms with E-state index in [2.05, 4.69) is 50.1 Å². The molecule has 4 heterocycles. The predicted molar refractivity (Wildman–Crippen MR) is 111 cm³/mol. The second-order valence-corrected chi connectivity index (χ2v) is 8.64. The van der Waals surface area contributed by atoms with Gasteiger partial charge in [-0.3, -0.25) is 4.90 Å². The first-order chi connectivity index (χ1) is 14.2. The van der Waals surface area contributed by atoms with Crippen LogP contribution in [0.25, 0.3) is 0 Å². The molecule has 0 saturated carbocycles. The SMILES string of the molecule is COC(=O)c1cncnc1N1C[C@@H]2C[C@H](C1)[C@@H]1CCC[C@H](c3ccccc3)N1C2. The molecule has 0 N–H and O–H groups in total. The van der Waals surface area contributed by atoms with Crippen molar-refractivity contribution in [1.82, 2.24) is 14.9 Å². The zero-order valence-corrected chi connectivity index (χ0v) is 16.9. The molecule has 0 radical (unpaired) electrons. The average Bonchev–Trinajstić information content (AvgIpc) is 2.78. The molecule has 2 aromatic rings. The van der Waals surface area contributed by atoms with Gasteiger partial charge in [0.1, 0.15) is 17.7 Å². The van der Waals surface area contributed by atoms with E-state index in [1.807, 2.05) is 0 Å². The molecule has 3 aliphatic heterocycles. The summed E-state index contributed by atoms with van der Waals surface area (Å²) in [7, 11) is 1.41. The van der Waals surface area contributed by atoms with Crippen LogP contribution in [0.2, 0.25) is 0 Å². The van der Waals surface area contributed by atoms with Crippen molar-refractivity contribution >= 4 is 11.8 Å². The highest BCUT2D eigenvalue weighted by atomic mass is 16.5. The molecule has 5 rings (SSSR count). The van der Waals surface area contributed by atoms with E-state index in [4.69, 9.17) is 4.74 Å². The Hall–Kier alpha value is -2.47. The number of ether oxygens (including phenoxy) is 1. The lowest BCUT2D eigenvalue weighted by Crippen LogP contribution is -2.60. The third kappa shape index (κ3) is 3.39. The summed E-state index contributed by atoms with van der Waals surface area (Å²) in [5.41, 5.74) is 1.93. The van der Waals surface area contributed by atoms with Gasteiger partial charge in [0, 0.05) is 37.9 Å². The second-order valence-electron chi connectivity index (χ2n) is 8.64. The van der Waals surface area contributed by atoms with Crippen molar-refractivity contribution < 1.29 is 9.53 Å². The summed E-state index contributed by atoms with van der Waals surface area (Å²) >= 11 is 0. The number of piperidine rings is 3. The average molecular weight is 393 g/mol. The fourth-order valence-electron chi connectivity index (χ4n) is 5.84. The number of methoxy groups -OCH3 is 1. The van der Waals surface area contributed by atoms with E-state index in [1.54, 1.807) is 6.20 Å². The van der Waals surface area contributed by atoms with Gasteiger partial charge in [0.25, 0.3) is 0 Å². The summed E-state index contributed by atoms with van der Waals surface area (Å²) in [6.07, 6.45) is 8.19. The molecule has 0 amide bonds. The van der Waals surface area contributed by atoms with Crippen LogP contribution in [-0.2, 0) is 4.74 Å². The van der Waals surface area contributed by atoms with E-state index < -0.39 is 0 Å². The van der Waals surface area contributed by atoms with Crippen molar-refractivity contribution in [2.45, 2.75) is 37.8 Å². The van der Waals surface area contributed by atoms with Crippen molar-refractivity contribution in [3.8, 4) is 0 Å². The van der Waals surface area contributed by atoms with Crippen molar-refractivity contribution in [1.29, 1.82) is 0 Å². The Bertz CT molecular complexity index is 874. The Balaban J connectivity index is 1.40. The van der Waals surface area contributed by atoms with Gasteiger partial charge in [0.05, 0.1) is 7.11 Å². The molecule has 152 valence electrons. The van der Waals surface area contributed by atoms with Crippen molar-refractivity contribution in [2.75, 3.05) is 31.6 Å². The highest BCUT2D eigenvalue weighted by Gasteiger charge is 2.45. The Labute approximate surface area is 171 Å². The summed E-state index contributed by atoms with van der Waals surface area (Å²) in [5, 5.41) is 0. The Morgan fingerprint density at radius 2 is 2.00 bits per heavy atom. The zero-order chi connectivity index (χ0) is 19.8. The standard InChI is InChI=1S/C23H28N4O2/c1-29-23(28)19-11-24-15-25-22(19)26-12-16-10-18(14-26)21-9-5-8-20(27(21)13-16)17-6-3-2-4-7-17/h2-4,6-7,11,15-16,18,20-21H,5,8-10,12-14H2,1H3/t16-,18+,20+,21-/m0/s1. The number of benzene rings is 1. The number of esters is 1. The van der Waals surface area contributed by atoms with E-state index in [-0.39, 0.29) is 5.97 Å². The topological polar surface area (TPSA) is 58.6 Å². The number of aromatic nitrogens is 2. The number of hydrogen-bond acceptors (Lipinski definition) is 6. The number of hydrogen-bond donors (Lipinski definition) is 0. The van der Waals surface area contributed by atoms with Gasteiger partial charge < -0.3 is 9.64 Å². The van der Waals surface area contributed by atoms with Gasteiger partial charge in [-0.1, -0.05) is 30.3 Å². The number of carbonyl (C=O) groups is 1. The minimum Gasteiger partial charge on any atom is -0.465 e. The van der Waals surface area contributed by atoms with Crippen molar-refractivity contribution in [3.05, 3.63) is 54.0 Å². The fraction of sp³-hybridized carbons (Fsp3) is 0.522. The molecule has 2 bridgehead atoms. The van der Waals surface area contributed by atoms with Crippen LogP contribution in [0.15, 0.2) is 42.9 Å². The smallest absolute Gasteiger partial charge is 0.343 e. The van der Waals surface area contributed by atoms with Crippen LogP contribution >= 0.6 is 0 Å². The molecule has 0 spiro atoms. The number of fused-ring (bicyclic) bond motifs is 4. The van der Waals surface area contributed by atoms with E-state index in [1.165, 1.54) is 44.7 Å². The first-order valence-corrected chi connectivity index (χ1v) is 10.7. The molecule has 1 aromatic heterocycles. The maximum Gasteiger partial charge on any atom is 0.343 e. The predicted octanol–water partition coefficient (Wildman–Crippen LogP) is 3.32.